The third-order valence-corrected chi connectivity index (χ3v) is 3.51. The summed E-state index contributed by atoms with van der Waals surface area (Å²) in [7, 11) is 0. The average Bonchev–Trinajstić information content (AvgIpc) is 2.36. The number of ether oxygens (including phenoxy) is 1. The smallest absolute Gasteiger partial charge is 0.223 e. The van der Waals surface area contributed by atoms with Crippen LogP contribution in [0.5, 0.6) is 0 Å². The van der Waals surface area contributed by atoms with Gasteiger partial charge in [-0.15, -0.1) is 0 Å². The fourth-order valence-electron chi connectivity index (χ4n) is 2.36. The molecule has 0 aliphatic heterocycles. The van der Waals surface area contributed by atoms with E-state index in [4.69, 9.17) is 10.5 Å². The summed E-state index contributed by atoms with van der Waals surface area (Å²) in [5.41, 5.74) is 5.64. The molecule has 0 aromatic rings. The third kappa shape index (κ3) is 5.04. The molecule has 1 unspecified atom stereocenters. The largest absolute Gasteiger partial charge is 0.380 e. The van der Waals surface area contributed by atoms with Crippen LogP contribution in [0.25, 0.3) is 0 Å². The van der Waals surface area contributed by atoms with Gasteiger partial charge in [-0.05, 0) is 52.0 Å². The van der Waals surface area contributed by atoms with Crippen LogP contribution in [0.4, 0.5) is 0 Å². The van der Waals surface area contributed by atoms with Gasteiger partial charge in [-0.2, -0.15) is 0 Å². The summed E-state index contributed by atoms with van der Waals surface area (Å²) in [4.78, 5) is 12.0. The summed E-state index contributed by atoms with van der Waals surface area (Å²) in [6.45, 7) is 6.00. The maximum Gasteiger partial charge on any atom is 0.223 e. The van der Waals surface area contributed by atoms with Crippen LogP contribution in [0.2, 0.25) is 0 Å². The first kappa shape index (κ1) is 14.5. The van der Waals surface area contributed by atoms with Gasteiger partial charge < -0.3 is 15.8 Å². The van der Waals surface area contributed by atoms with E-state index in [1.807, 2.05) is 13.8 Å². The Morgan fingerprint density at radius 3 is 2.59 bits per heavy atom. The van der Waals surface area contributed by atoms with Gasteiger partial charge in [0.2, 0.25) is 5.91 Å². The second-order valence-corrected chi connectivity index (χ2v) is 5.02. The van der Waals surface area contributed by atoms with Crippen molar-refractivity contribution in [3.63, 3.8) is 0 Å². The molecule has 0 bridgehead atoms. The lowest BCUT2D eigenvalue weighted by Crippen LogP contribution is -2.41. The zero-order chi connectivity index (χ0) is 12.7. The Balaban J connectivity index is 2.24. The van der Waals surface area contributed by atoms with E-state index < -0.39 is 0 Å². The van der Waals surface area contributed by atoms with Gasteiger partial charge in [-0.25, -0.2) is 0 Å². The van der Waals surface area contributed by atoms with Crippen molar-refractivity contribution in [2.24, 2.45) is 17.6 Å². The number of hydrogen-bond donors (Lipinski definition) is 2. The number of nitrogens with one attached hydrogen (secondary N) is 1. The molecule has 0 radical (unpaired) electrons. The Bertz CT molecular complexity index is 225. The van der Waals surface area contributed by atoms with E-state index in [0.29, 0.717) is 19.1 Å². The second kappa shape index (κ2) is 7.67. The predicted octanol–water partition coefficient (Wildman–Crippen LogP) is 1.29. The first-order valence-corrected chi connectivity index (χ1v) is 6.75. The van der Waals surface area contributed by atoms with E-state index in [1.54, 1.807) is 0 Å². The molecule has 0 saturated heterocycles. The van der Waals surface area contributed by atoms with Crippen LogP contribution in [-0.2, 0) is 9.53 Å². The molecule has 1 aliphatic carbocycles. The highest BCUT2D eigenvalue weighted by atomic mass is 16.5. The Morgan fingerprint density at radius 2 is 2.06 bits per heavy atom. The molecule has 0 aromatic heterocycles. The van der Waals surface area contributed by atoms with E-state index >= 15 is 0 Å². The zero-order valence-electron chi connectivity index (χ0n) is 11.1. The van der Waals surface area contributed by atoms with E-state index in [2.05, 4.69) is 5.32 Å². The third-order valence-electron chi connectivity index (χ3n) is 3.51. The number of carbonyl (C=O) groups is 1. The number of amides is 1. The quantitative estimate of drug-likeness (QED) is 0.737. The van der Waals surface area contributed by atoms with E-state index in [1.165, 1.54) is 0 Å². The summed E-state index contributed by atoms with van der Waals surface area (Å²) in [5.74, 6) is 0.995. The molecule has 17 heavy (non-hydrogen) atoms. The van der Waals surface area contributed by atoms with E-state index in [9.17, 15) is 4.79 Å². The summed E-state index contributed by atoms with van der Waals surface area (Å²) in [5, 5.41) is 3.02. The summed E-state index contributed by atoms with van der Waals surface area (Å²) in [6.07, 6.45) is 4.15. The fourth-order valence-corrected chi connectivity index (χ4v) is 2.36. The molecule has 0 heterocycles. The SMILES string of the molecule is CCOCC(C)NC(=O)C1CCC(CN)CC1. The Labute approximate surface area is 104 Å². The normalized spacial score (nSPS) is 26.5. The zero-order valence-corrected chi connectivity index (χ0v) is 11.1. The molecule has 1 amide bonds. The van der Waals surface area contributed by atoms with Gasteiger partial charge >= 0.3 is 0 Å². The van der Waals surface area contributed by atoms with Crippen LogP contribution < -0.4 is 11.1 Å². The molecule has 3 N–H and O–H groups in total. The van der Waals surface area contributed by atoms with Crippen LogP contribution in [0.3, 0.4) is 0 Å². The summed E-state index contributed by atoms with van der Waals surface area (Å²) in [6, 6.07) is 0.106. The minimum Gasteiger partial charge on any atom is -0.380 e. The Hall–Kier alpha value is -0.610. The molecular formula is C13H26N2O2. The molecular weight excluding hydrogens is 216 g/mol. The maximum atomic E-state index is 12.0. The molecule has 0 spiro atoms. The van der Waals surface area contributed by atoms with Crippen molar-refractivity contribution in [2.45, 2.75) is 45.6 Å². The van der Waals surface area contributed by atoms with Gasteiger partial charge in [0, 0.05) is 18.6 Å². The van der Waals surface area contributed by atoms with Crippen LogP contribution in [-0.4, -0.2) is 31.7 Å². The first-order valence-electron chi connectivity index (χ1n) is 6.75. The first-order chi connectivity index (χ1) is 8.17. The van der Waals surface area contributed by atoms with Crippen molar-refractivity contribution < 1.29 is 9.53 Å². The average molecular weight is 242 g/mol. The molecule has 4 nitrogen and oxygen atoms in total. The predicted molar refractivity (Wildman–Crippen MR) is 68.6 cm³/mol. The molecule has 4 heteroatoms. The molecule has 1 atom stereocenters. The summed E-state index contributed by atoms with van der Waals surface area (Å²) < 4.78 is 5.29. The molecule has 1 saturated carbocycles. The number of carbonyl (C=O) groups excluding carboxylic acids is 1. The van der Waals surface area contributed by atoms with Crippen LogP contribution >= 0.6 is 0 Å². The lowest BCUT2D eigenvalue weighted by Gasteiger charge is -2.27. The standard InChI is InChI=1S/C13H26N2O2/c1-3-17-9-10(2)15-13(16)12-6-4-11(8-14)5-7-12/h10-12H,3-9,14H2,1-2H3,(H,15,16). The highest BCUT2D eigenvalue weighted by molar-refractivity contribution is 5.78. The van der Waals surface area contributed by atoms with Crippen molar-refractivity contribution >= 4 is 5.91 Å². The van der Waals surface area contributed by atoms with Gasteiger partial charge in [0.05, 0.1) is 6.61 Å². The maximum absolute atomic E-state index is 12.0. The van der Waals surface area contributed by atoms with Crippen LogP contribution in [0.15, 0.2) is 0 Å². The Kier molecular flexibility index (Phi) is 6.52. The second-order valence-electron chi connectivity index (χ2n) is 5.02. The molecule has 1 aliphatic rings. The highest BCUT2D eigenvalue weighted by Crippen LogP contribution is 2.28. The van der Waals surface area contributed by atoms with Crippen molar-refractivity contribution in [3.05, 3.63) is 0 Å². The van der Waals surface area contributed by atoms with Crippen molar-refractivity contribution in [1.29, 1.82) is 0 Å². The van der Waals surface area contributed by atoms with Crippen molar-refractivity contribution in [3.8, 4) is 0 Å². The van der Waals surface area contributed by atoms with Crippen LogP contribution in [0, 0.1) is 11.8 Å². The molecule has 1 rings (SSSR count). The molecule has 100 valence electrons. The topological polar surface area (TPSA) is 64.3 Å². The lowest BCUT2D eigenvalue weighted by atomic mass is 9.81. The van der Waals surface area contributed by atoms with Gasteiger partial charge in [-0.3, -0.25) is 4.79 Å². The molecule has 1 fully saturated rings. The minimum absolute atomic E-state index is 0.106. The minimum atomic E-state index is 0.106. The number of hydrogen-bond acceptors (Lipinski definition) is 3. The van der Waals surface area contributed by atoms with Gasteiger partial charge in [0.15, 0.2) is 0 Å². The Morgan fingerprint density at radius 1 is 1.41 bits per heavy atom. The molecule has 0 aromatic carbocycles. The highest BCUT2D eigenvalue weighted by Gasteiger charge is 2.26. The van der Waals surface area contributed by atoms with E-state index in [-0.39, 0.29) is 17.9 Å². The van der Waals surface area contributed by atoms with Gasteiger partial charge in [-0.1, -0.05) is 0 Å². The number of rotatable bonds is 6. The van der Waals surface area contributed by atoms with E-state index in [0.717, 1.165) is 32.2 Å². The van der Waals surface area contributed by atoms with Gasteiger partial charge in [0.1, 0.15) is 0 Å². The lowest BCUT2D eigenvalue weighted by molar-refractivity contribution is -0.127. The fraction of sp³-hybridized carbons (Fsp3) is 0.923. The summed E-state index contributed by atoms with van der Waals surface area (Å²) >= 11 is 0. The monoisotopic (exact) mass is 242 g/mol. The van der Waals surface area contributed by atoms with Crippen LogP contribution in [0.1, 0.15) is 39.5 Å². The van der Waals surface area contributed by atoms with Gasteiger partial charge in [0.25, 0.3) is 0 Å². The number of nitrogens with two attached hydrogens (primary N) is 1. The van der Waals surface area contributed by atoms with Crippen molar-refractivity contribution in [1.82, 2.24) is 5.32 Å². The van der Waals surface area contributed by atoms with Crippen molar-refractivity contribution in [2.75, 3.05) is 19.8 Å².